The molecule has 32 heavy (non-hydrogen) atoms. The molecule has 2 aromatic rings. The minimum absolute atomic E-state index is 0.0296. The van der Waals surface area contributed by atoms with Gasteiger partial charge in [-0.2, -0.15) is 0 Å². The lowest BCUT2D eigenvalue weighted by Gasteiger charge is -2.29. The van der Waals surface area contributed by atoms with E-state index in [0.717, 1.165) is 11.1 Å². The van der Waals surface area contributed by atoms with Gasteiger partial charge in [0.1, 0.15) is 6.04 Å². The van der Waals surface area contributed by atoms with Gasteiger partial charge in [-0.3, -0.25) is 19.7 Å². The van der Waals surface area contributed by atoms with Crippen LogP contribution in [0.15, 0.2) is 48.5 Å². The van der Waals surface area contributed by atoms with Crippen molar-refractivity contribution in [3.05, 3.63) is 74.8 Å². The zero-order chi connectivity index (χ0) is 23.7. The molecule has 0 aliphatic carbocycles. The second kappa shape index (κ2) is 12.5. The normalized spacial score (nSPS) is 11.8. The topological polar surface area (TPSA) is 92.6 Å². The third-order valence-electron chi connectivity index (χ3n) is 4.79. The summed E-state index contributed by atoms with van der Waals surface area (Å²) in [5, 5.41) is 14.2. The number of benzene rings is 2. The Bertz CT molecular complexity index is 937. The van der Waals surface area contributed by atoms with Crippen LogP contribution in [0.3, 0.4) is 0 Å². The van der Waals surface area contributed by atoms with Crippen LogP contribution in [0.1, 0.15) is 31.9 Å². The molecule has 0 aliphatic rings. The number of amides is 2. The highest BCUT2D eigenvalue weighted by Crippen LogP contribution is 2.21. The maximum absolute atomic E-state index is 13.1. The van der Waals surface area contributed by atoms with Crippen LogP contribution in [0.25, 0.3) is 0 Å². The quantitative estimate of drug-likeness (QED) is 0.375. The van der Waals surface area contributed by atoms with Crippen molar-refractivity contribution in [2.75, 3.05) is 12.3 Å². The van der Waals surface area contributed by atoms with Crippen molar-refractivity contribution < 1.29 is 14.5 Å². The molecule has 0 spiro atoms. The highest BCUT2D eigenvalue weighted by atomic mass is 35.5. The molecule has 0 heterocycles. The second-order valence-electron chi connectivity index (χ2n) is 7.84. The van der Waals surface area contributed by atoms with Gasteiger partial charge in [0.05, 0.1) is 10.7 Å². The minimum Gasteiger partial charge on any atom is -0.354 e. The fourth-order valence-electron chi connectivity index (χ4n) is 2.90. The molecule has 1 unspecified atom stereocenters. The Morgan fingerprint density at radius 3 is 2.38 bits per heavy atom. The number of hydrogen-bond acceptors (Lipinski definition) is 5. The zero-order valence-corrected chi connectivity index (χ0v) is 20.0. The van der Waals surface area contributed by atoms with Gasteiger partial charge in [0.2, 0.25) is 11.8 Å². The van der Waals surface area contributed by atoms with Crippen LogP contribution in [0.5, 0.6) is 0 Å². The van der Waals surface area contributed by atoms with E-state index < -0.39 is 11.0 Å². The molecule has 172 valence electrons. The maximum Gasteiger partial charge on any atom is 0.269 e. The van der Waals surface area contributed by atoms with Crippen LogP contribution in [0.4, 0.5) is 5.69 Å². The Morgan fingerprint density at radius 1 is 1.12 bits per heavy atom. The summed E-state index contributed by atoms with van der Waals surface area (Å²) in [7, 11) is 0. The van der Waals surface area contributed by atoms with E-state index in [1.165, 1.54) is 23.9 Å². The predicted octanol–water partition coefficient (Wildman–Crippen LogP) is 4.67. The van der Waals surface area contributed by atoms with Gasteiger partial charge in [-0.15, -0.1) is 11.8 Å². The fraction of sp³-hybridized carbons (Fsp3) is 0.391. The van der Waals surface area contributed by atoms with Crippen molar-refractivity contribution in [2.24, 2.45) is 5.92 Å². The summed E-state index contributed by atoms with van der Waals surface area (Å²) in [6, 6.07) is 12.9. The van der Waals surface area contributed by atoms with Crippen molar-refractivity contribution in [2.45, 2.75) is 39.1 Å². The van der Waals surface area contributed by atoms with E-state index in [-0.39, 0.29) is 29.8 Å². The van der Waals surface area contributed by atoms with Crippen LogP contribution in [-0.2, 0) is 21.9 Å². The largest absolute Gasteiger partial charge is 0.354 e. The highest BCUT2D eigenvalue weighted by Gasteiger charge is 2.26. The lowest BCUT2D eigenvalue weighted by Crippen LogP contribution is -2.48. The van der Waals surface area contributed by atoms with Crippen molar-refractivity contribution in [1.29, 1.82) is 0 Å². The van der Waals surface area contributed by atoms with E-state index >= 15 is 0 Å². The molecule has 2 aromatic carbocycles. The van der Waals surface area contributed by atoms with Gasteiger partial charge >= 0.3 is 0 Å². The van der Waals surface area contributed by atoms with E-state index in [2.05, 4.69) is 5.32 Å². The number of nitro groups is 1. The number of nitrogens with zero attached hydrogens (tertiary/aromatic N) is 2. The molecule has 9 heteroatoms. The van der Waals surface area contributed by atoms with Gasteiger partial charge in [-0.25, -0.2) is 0 Å². The van der Waals surface area contributed by atoms with E-state index in [4.69, 9.17) is 11.6 Å². The number of halogens is 1. The average Bonchev–Trinajstić information content (AvgIpc) is 2.76. The van der Waals surface area contributed by atoms with Crippen LogP contribution >= 0.6 is 23.4 Å². The number of non-ortho nitro benzene ring substituents is 1. The lowest BCUT2D eigenvalue weighted by molar-refractivity contribution is -0.384. The summed E-state index contributed by atoms with van der Waals surface area (Å²) in [4.78, 5) is 37.6. The van der Waals surface area contributed by atoms with Crippen molar-refractivity contribution in [3.8, 4) is 0 Å². The molecule has 0 bridgehead atoms. The van der Waals surface area contributed by atoms with Gasteiger partial charge in [-0.1, -0.05) is 55.8 Å². The first-order valence-corrected chi connectivity index (χ1v) is 11.8. The third-order valence-corrected chi connectivity index (χ3v) is 6.15. The molecule has 0 radical (unpaired) electrons. The van der Waals surface area contributed by atoms with Gasteiger partial charge in [0.15, 0.2) is 0 Å². The summed E-state index contributed by atoms with van der Waals surface area (Å²) in [5.74, 6) is 0.612. The Balaban J connectivity index is 2.06. The van der Waals surface area contributed by atoms with Crippen molar-refractivity contribution in [1.82, 2.24) is 10.2 Å². The van der Waals surface area contributed by atoms with Crippen LogP contribution in [-0.4, -0.2) is 40.0 Å². The summed E-state index contributed by atoms with van der Waals surface area (Å²) >= 11 is 7.68. The molecule has 0 saturated heterocycles. The van der Waals surface area contributed by atoms with Gasteiger partial charge in [0, 0.05) is 36.0 Å². The Kier molecular flexibility index (Phi) is 9.99. The van der Waals surface area contributed by atoms with Crippen molar-refractivity contribution >= 4 is 40.9 Å². The average molecular weight is 478 g/mol. The molecule has 1 atom stereocenters. The summed E-state index contributed by atoms with van der Waals surface area (Å²) in [5.41, 5.74) is 1.68. The van der Waals surface area contributed by atoms with Crippen molar-refractivity contribution in [3.63, 3.8) is 0 Å². The first kappa shape index (κ1) is 25.7. The lowest BCUT2D eigenvalue weighted by atomic mass is 10.1. The SMILES string of the molecule is CC(C)CNC(=O)C(C)N(Cc1ccccc1Cl)C(=O)CSCc1ccc([N+](=O)[O-])cc1. The fourth-order valence-corrected chi connectivity index (χ4v) is 3.96. The molecule has 1 N–H and O–H groups in total. The first-order chi connectivity index (χ1) is 15.2. The number of carbonyl (C=O) groups is 2. The molecule has 2 rings (SSSR count). The summed E-state index contributed by atoms with van der Waals surface area (Å²) in [6.07, 6.45) is 0. The second-order valence-corrected chi connectivity index (χ2v) is 9.24. The molecule has 7 nitrogen and oxygen atoms in total. The monoisotopic (exact) mass is 477 g/mol. The number of thioether (sulfide) groups is 1. The summed E-state index contributed by atoms with van der Waals surface area (Å²) in [6.45, 7) is 6.49. The van der Waals surface area contributed by atoms with E-state index in [1.54, 1.807) is 30.0 Å². The smallest absolute Gasteiger partial charge is 0.269 e. The Hall–Kier alpha value is -2.58. The molecule has 0 aliphatic heterocycles. The van der Waals surface area contributed by atoms with Crippen LogP contribution in [0, 0.1) is 16.0 Å². The maximum atomic E-state index is 13.1. The number of hydrogen-bond donors (Lipinski definition) is 1. The predicted molar refractivity (Wildman–Crippen MR) is 129 cm³/mol. The van der Waals surface area contributed by atoms with Gasteiger partial charge in [0.25, 0.3) is 5.69 Å². The minimum atomic E-state index is -0.655. The molecule has 0 saturated carbocycles. The third kappa shape index (κ3) is 7.84. The number of carbonyl (C=O) groups excluding carboxylic acids is 2. The number of nitro benzene ring substituents is 1. The molecular weight excluding hydrogens is 450 g/mol. The van der Waals surface area contributed by atoms with Crippen LogP contribution < -0.4 is 5.32 Å². The highest BCUT2D eigenvalue weighted by molar-refractivity contribution is 7.99. The molecule has 0 fully saturated rings. The first-order valence-electron chi connectivity index (χ1n) is 10.3. The summed E-state index contributed by atoms with van der Waals surface area (Å²) < 4.78 is 0. The molecular formula is C23H28ClN3O4S. The standard InChI is InChI=1S/C23H28ClN3O4S/c1-16(2)12-25-23(29)17(3)26(13-19-6-4-5-7-21(19)24)22(28)15-32-14-18-8-10-20(11-9-18)27(30)31/h4-11,16-17H,12-15H2,1-3H3,(H,25,29). The Labute approximate surface area is 197 Å². The van der Waals surface area contributed by atoms with E-state index in [9.17, 15) is 19.7 Å². The molecule has 0 aromatic heterocycles. The van der Waals surface area contributed by atoms with Gasteiger partial charge < -0.3 is 10.2 Å². The number of nitrogens with one attached hydrogen (secondary N) is 1. The Morgan fingerprint density at radius 2 is 1.78 bits per heavy atom. The molecule has 2 amide bonds. The van der Waals surface area contributed by atoms with E-state index in [1.807, 2.05) is 32.0 Å². The van der Waals surface area contributed by atoms with Gasteiger partial charge in [-0.05, 0) is 30.0 Å². The number of rotatable bonds is 11. The van der Waals surface area contributed by atoms with Crippen LogP contribution in [0.2, 0.25) is 5.02 Å². The van der Waals surface area contributed by atoms with E-state index in [0.29, 0.717) is 23.2 Å². The zero-order valence-electron chi connectivity index (χ0n) is 18.4.